The van der Waals surface area contributed by atoms with Gasteiger partial charge in [0.1, 0.15) is 0 Å². The number of carbonyl (C=O) groups excluding carboxylic acids is 1. The number of piperidine rings is 1. The Hall–Kier alpha value is -1.30. The van der Waals surface area contributed by atoms with Crippen molar-refractivity contribution in [3.63, 3.8) is 0 Å². The molecule has 1 unspecified atom stereocenters. The van der Waals surface area contributed by atoms with Crippen LogP contribution in [-0.2, 0) is 4.79 Å². The number of rotatable bonds is 7. The second-order valence-corrected chi connectivity index (χ2v) is 6.10. The Kier molecular flexibility index (Phi) is 7.50. The van der Waals surface area contributed by atoms with Crippen LogP contribution in [0.15, 0.2) is 0 Å². The molecule has 1 saturated heterocycles. The van der Waals surface area contributed by atoms with E-state index in [0.717, 1.165) is 13.0 Å². The third-order valence-corrected chi connectivity index (χ3v) is 4.08. The summed E-state index contributed by atoms with van der Waals surface area (Å²) < 4.78 is 0. The van der Waals surface area contributed by atoms with Gasteiger partial charge in [0.15, 0.2) is 0 Å². The third-order valence-electron chi connectivity index (χ3n) is 4.08. The summed E-state index contributed by atoms with van der Waals surface area (Å²) in [5.74, 6) is -0.817. The number of hydrogen-bond donors (Lipinski definition) is 2. The van der Waals surface area contributed by atoms with Crippen LogP contribution in [0.2, 0.25) is 0 Å². The molecule has 0 spiro atoms. The lowest BCUT2D eigenvalue weighted by atomic mass is 10.0. The van der Waals surface area contributed by atoms with Gasteiger partial charge in [0.25, 0.3) is 0 Å². The van der Waals surface area contributed by atoms with Crippen molar-refractivity contribution in [1.29, 1.82) is 0 Å². The highest BCUT2D eigenvalue weighted by atomic mass is 16.4. The average Bonchev–Trinajstić information content (AvgIpc) is 2.41. The lowest BCUT2D eigenvalue weighted by Crippen LogP contribution is -2.50. The number of aliphatic carboxylic acids is 1. The highest BCUT2D eigenvalue weighted by Crippen LogP contribution is 2.14. The minimum Gasteiger partial charge on any atom is -0.481 e. The summed E-state index contributed by atoms with van der Waals surface area (Å²) in [6.07, 6.45) is 4.16. The predicted octanol–water partition coefficient (Wildman–Crippen LogP) is 1.76. The van der Waals surface area contributed by atoms with E-state index in [9.17, 15) is 9.59 Å². The molecule has 2 amide bonds. The van der Waals surface area contributed by atoms with Crippen molar-refractivity contribution in [2.75, 3.05) is 26.7 Å². The van der Waals surface area contributed by atoms with Crippen LogP contribution >= 0.6 is 0 Å². The molecule has 0 saturated carbocycles. The van der Waals surface area contributed by atoms with E-state index in [1.54, 1.807) is 4.90 Å². The maximum atomic E-state index is 12.3. The maximum absolute atomic E-state index is 12.3. The lowest BCUT2D eigenvalue weighted by molar-refractivity contribution is -0.137. The van der Waals surface area contributed by atoms with Crippen molar-refractivity contribution in [2.45, 2.75) is 58.0 Å². The molecule has 6 heteroatoms. The maximum Gasteiger partial charge on any atom is 0.317 e. The van der Waals surface area contributed by atoms with Crippen molar-refractivity contribution < 1.29 is 14.7 Å². The molecule has 2 N–H and O–H groups in total. The Morgan fingerprint density at radius 2 is 2.10 bits per heavy atom. The van der Waals surface area contributed by atoms with E-state index in [-0.39, 0.29) is 18.5 Å². The summed E-state index contributed by atoms with van der Waals surface area (Å²) in [5, 5.41) is 11.7. The first-order chi connectivity index (χ1) is 9.91. The Balaban J connectivity index is 2.39. The minimum absolute atomic E-state index is 0.0721. The van der Waals surface area contributed by atoms with Crippen LogP contribution in [0.1, 0.15) is 46.0 Å². The second-order valence-electron chi connectivity index (χ2n) is 6.10. The summed E-state index contributed by atoms with van der Waals surface area (Å²) in [7, 11) is 2.10. The summed E-state index contributed by atoms with van der Waals surface area (Å²) in [6, 6.07) is 0.396. The van der Waals surface area contributed by atoms with Gasteiger partial charge >= 0.3 is 12.0 Å². The van der Waals surface area contributed by atoms with E-state index < -0.39 is 5.97 Å². The van der Waals surface area contributed by atoms with E-state index >= 15 is 0 Å². The van der Waals surface area contributed by atoms with Gasteiger partial charge < -0.3 is 20.2 Å². The number of carbonyl (C=O) groups is 2. The van der Waals surface area contributed by atoms with Gasteiger partial charge in [-0.05, 0) is 46.7 Å². The van der Waals surface area contributed by atoms with Crippen LogP contribution < -0.4 is 5.32 Å². The zero-order valence-electron chi connectivity index (χ0n) is 13.5. The van der Waals surface area contributed by atoms with Crippen LogP contribution in [0.3, 0.4) is 0 Å². The lowest BCUT2D eigenvalue weighted by Gasteiger charge is -2.34. The van der Waals surface area contributed by atoms with Crippen LogP contribution in [0.25, 0.3) is 0 Å². The summed E-state index contributed by atoms with van der Waals surface area (Å²) >= 11 is 0. The molecule has 1 aliphatic heterocycles. The van der Waals surface area contributed by atoms with E-state index in [0.29, 0.717) is 25.6 Å². The van der Waals surface area contributed by atoms with Crippen molar-refractivity contribution in [2.24, 2.45) is 0 Å². The Labute approximate surface area is 127 Å². The number of carboxylic acids is 1. The van der Waals surface area contributed by atoms with Crippen molar-refractivity contribution in [3.05, 3.63) is 0 Å². The second kappa shape index (κ2) is 8.87. The minimum atomic E-state index is -0.817. The fourth-order valence-electron chi connectivity index (χ4n) is 2.70. The number of likely N-dealkylation sites (tertiary alicyclic amines) is 1. The number of nitrogens with zero attached hydrogens (tertiary/aromatic N) is 2. The summed E-state index contributed by atoms with van der Waals surface area (Å²) in [5.41, 5.74) is 0. The molecule has 21 heavy (non-hydrogen) atoms. The van der Waals surface area contributed by atoms with Crippen molar-refractivity contribution in [1.82, 2.24) is 15.1 Å². The van der Waals surface area contributed by atoms with Crippen molar-refractivity contribution >= 4 is 12.0 Å². The van der Waals surface area contributed by atoms with Crippen LogP contribution in [0.4, 0.5) is 4.79 Å². The molecule has 6 nitrogen and oxygen atoms in total. The first-order valence-electron chi connectivity index (χ1n) is 7.88. The molecule has 0 bridgehead atoms. The Morgan fingerprint density at radius 1 is 1.38 bits per heavy atom. The number of urea groups is 1. The van der Waals surface area contributed by atoms with Crippen LogP contribution in [0, 0.1) is 0 Å². The molecule has 0 aromatic rings. The molecular formula is C15H29N3O3. The molecule has 0 aliphatic carbocycles. The predicted molar refractivity (Wildman–Crippen MR) is 82.4 cm³/mol. The molecular weight excluding hydrogens is 270 g/mol. The normalized spacial score (nSPS) is 19.5. The monoisotopic (exact) mass is 299 g/mol. The van der Waals surface area contributed by atoms with Gasteiger partial charge in [0, 0.05) is 31.6 Å². The zero-order valence-corrected chi connectivity index (χ0v) is 13.5. The fourth-order valence-corrected chi connectivity index (χ4v) is 2.70. The van der Waals surface area contributed by atoms with Gasteiger partial charge in [-0.3, -0.25) is 4.79 Å². The third kappa shape index (κ3) is 6.33. The van der Waals surface area contributed by atoms with Gasteiger partial charge in [-0.15, -0.1) is 0 Å². The van der Waals surface area contributed by atoms with E-state index in [1.807, 2.05) is 13.8 Å². The van der Waals surface area contributed by atoms with Gasteiger partial charge in [0.2, 0.25) is 0 Å². The Morgan fingerprint density at radius 3 is 2.67 bits per heavy atom. The van der Waals surface area contributed by atoms with E-state index in [2.05, 4.69) is 17.3 Å². The van der Waals surface area contributed by atoms with E-state index in [4.69, 9.17) is 5.11 Å². The van der Waals surface area contributed by atoms with E-state index in [1.165, 1.54) is 12.8 Å². The first-order valence-corrected chi connectivity index (χ1v) is 7.88. The number of amides is 2. The molecule has 122 valence electrons. The molecule has 0 aromatic heterocycles. The smallest absolute Gasteiger partial charge is 0.317 e. The van der Waals surface area contributed by atoms with Gasteiger partial charge in [-0.2, -0.15) is 0 Å². The molecule has 1 fully saturated rings. The number of hydrogen-bond acceptors (Lipinski definition) is 3. The average molecular weight is 299 g/mol. The van der Waals surface area contributed by atoms with Crippen molar-refractivity contribution in [3.8, 4) is 0 Å². The number of likely N-dealkylation sites (N-methyl/N-ethyl adjacent to an activating group) is 1. The van der Waals surface area contributed by atoms with Gasteiger partial charge in [-0.25, -0.2) is 4.79 Å². The SMILES string of the molecule is CC(C)N(CCCC(=O)O)C(=O)NCC1CCCCN1C. The largest absolute Gasteiger partial charge is 0.481 e. The quantitative estimate of drug-likeness (QED) is 0.751. The molecule has 0 radical (unpaired) electrons. The summed E-state index contributed by atoms with van der Waals surface area (Å²) in [6.45, 7) is 6.14. The fraction of sp³-hybridized carbons (Fsp3) is 0.867. The number of nitrogens with one attached hydrogen (secondary N) is 1. The Bertz CT molecular complexity index is 347. The molecule has 1 aliphatic rings. The molecule has 0 aromatic carbocycles. The summed E-state index contributed by atoms with van der Waals surface area (Å²) in [4.78, 5) is 26.8. The number of carboxylic acid groups (broad SMARTS) is 1. The standard InChI is InChI=1S/C15H29N3O3/c1-12(2)18(10-6-8-14(19)20)15(21)16-11-13-7-4-5-9-17(13)3/h12-13H,4-11H2,1-3H3,(H,16,21)(H,19,20). The highest BCUT2D eigenvalue weighted by Gasteiger charge is 2.22. The van der Waals surface area contributed by atoms with Crippen LogP contribution in [0.5, 0.6) is 0 Å². The zero-order chi connectivity index (χ0) is 15.8. The van der Waals surface area contributed by atoms with Gasteiger partial charge in [0.05, 0.1) is 0 Å². The molecule has 1 atom stereocenters. The van der Waals surface area contributed by atoms with Crippen LogP contribution in [-0.4, -0.2) is 65.7 Å². The topological polar surface area (TPSA) is 72.9 Å². The first kappa shape index (κ1) is 17.8. The highest BCUT2D eigenvalue weighted by molar-refractivity contribution is 5.74. The van der Waals surface area contributed by atoms with Gasteiger partial charge in [-0.1, -0.05) is 6.42 Å². The molecule has 1 rings (SSSR count). The molecule has 1 heterocycles.